The average Bonchev–Trinajstić information content (AvgIpc) is 2.27. The van der Waals surface area contributed by atoms with E-state index in [0.29, 0.717) is 12.0 Å². The van der Waals surface area contributed by atoms with E-state index in [-0.39, 0.29) is 5.54 Å². The summed E-state index contributed by atoms with van der Waals surface area (Å²) < 4.78 is 5.98. The number of hydrogen-bond acceptors (Lipinski definition) is 2. The largest absolute Gasteiger partial charge is 0.478 e. The molecule has 2 aliphatic rings. The van der Waals surface area contributed by atoms with E-state index in [2.05, 4.69) is 27.7 Å². The van der Waals surface area contributed by atoms with Crippen molar-refractivity contribution in [3.63, 3.8) is 0 Å². The fraction of sp³-hybridized carbons (Fsp3) is 0.938. The lowest BCUT2D eigenvalue weighted by molar-refractivity contribution is 0.128. The SMILES string of the molecule is C[C@H]1CC(C)(C)N=C([C@@H](C)CC2CCCCC2)O1. The molecule has 0 bridgehead atoms. The molecule has 2 heteroatoms. The van der Waals surface area contributed by atoms with Gasteiger partial charge in [-0.1, -0.05) is 39.0 Å². The van der Waals surface area contributed by atoms with Gasteiger partial charge in [0.2, 0.25) is 0 Å². The fourth-order valence-corrected chi connectivity index (χ4v) is 3.57. The molecule has 1 saturated carbocycles. The maximum atomic E-state index is 5.98. The second-order valence-electron chi connectivity index (χ2n) is 7.04. The summed E-state index contributed by atoms with van der Waals surface area (Å²) in [6.07, 6.45) is 9.73. The molecule has 2 rings (SSSR count). The van der Waals surface area contributed by atoms with Crippen LogP contribution in [0.5, 0.6) is 0 Å². The Morgan fingerprint density at radius 2 is 1.94 bits per heavy atom. The minimum atomic E-state index is 0.0633. The lowest BCUT2D eigenvalue weighted by atomic mass is 9.83. The van der Waals surface area contributed by atoms with Crippen molar-refractivity contribution in [2.75, 3.05) is 0 Å². The van der Waals surface area contributed by atoms with Gasteiger partial charge in [-0.05, 0) is 33.1 Å². The number of rotatable bonds is 3. The second kappa shape index (κ2) is 5.63. The molecule has 1 fully saturated rings. The van der Waals surface area contributed by atoms with Crippen LogP contribution in [0, 0.1) is 11.8 Å². The molecular weight excluding hydrogens is 222 g/mol. The van der Waals surface area contributed by atoms with E-state index in [1.165, 1.54) is 38.5 Å². The van der Waals surface area contributed by atoms with Crippen LogP contribution in [0.3, 0.4) is 0 Å². The first-order valence-electron chi connectivity index (χ1n) is 7.73. The van der Waals surface area contributed by atoms with Gasteiger partial charge in [0.15, 0.2) is 5.90 Å². The standard InChI is InChI=1S/C16H29NO/c1-12(10-14-8-6-5-7-9-14)15-17-16(3,4)11-13(2)18-15/h12-14H,5-11H2,1-4H3/t12-,13-/m0/s1. The van der Waals surface area contributed by atoms with E-state index in [4.69, 9.17) is 9.73 Å². The minimum absolute atomic E-state index is 0.0633. The Labute approximate surface area is 112 Å². The van der Waals surface area contributed by atoms with Crippen molar-refractivity contribution in [1.29, 1.82) is 0 Å². The quantitative estimate of drug-likeness (QED) is 0.719. The van der Waals surface area contributed by atoms with Gasteiger partial charge < -0.3 is 4.74 Å². The molecule has 2 atom stereocenters. The summed E-state index contributed by atoms with van der Waals surface area (Å²) in [5.41, 5.74) is 0.0633. The number of nitrogens with zero attached hydrogens (tertiary/aromatic N) is 1. The summed E-state index contributed by atoms with van der Waals surface area (Å²) in [5.74, 6) is 2.42. The smallest absolute Gasteiger partial charge is 0.186 e. The van der Waals surface area contributed by atoms with Crippen LogP contribution in [0.1, 0.15) is 72.6 Å². The van der Waals surface area contributed by atoms with Crippen molar-refractivity contribution >= 4 is 5.90 Å². The normalized spacial score (nSPS) is 30.4. The third-order valence-corrected chi connectivity index (χ3v) is 4.35. The van der Waals surface area contributed by atoms with Crippen molar-refractivity contribution in [3.8, 4) is 0 Å². The van der Waals surface area contributed by atoms with Crippen molar-refractivity contribution in [3.05, 3.63) is 0 Å². The lowest BCUT2D eigenvalue weighted by Gasteiger charge is -2.34. The zero-order chi connectivity index (χ0) is 13.2. The molecule has 1 heterocycles. The summed E-state index contributed by atoms with van der Waals surface area (Å²) in [6.45, 7) is 8.91. The first-order valence-corrected chi connectivity index (χ1v) is 7.73. The molecule has 0 amide bonds. The van der Waals surface area contributed by atoms with Gasteiger partial charge in [-0.3, -0.25) is 0 Å². The second-order valence-corrected chi connectivity index (χ2v) is 7.04. The number of aliphatic imine (C=N–C) groups is 1. The zero-order valence-corrected chi connectivity index (χ0v) is 12.5. The Morgan fingerprint density at radius 1 is 1.28 bits per heavy atom. The summed E-state index contributed by atoms with van der Waals surface area (Å²) in [6, 6.07) is 0. The molecule has 0 saturated heterocycles. The van der Waals surface area contributed by atoms with Crippen LogP contribution in [0.4, 0.5) is 0 Å². The van der Waals surface area contributed by atoms with Crippen LogP contribution in [0.2, 0.25) is 0 Å². The summed E-state index contributed by atoms with van der Waals surface area (Å²) in [7, 11) is 0. The highest BCUT2D eigenvalue weighted by Gasteiger charge is 2.31. The highest BCUT2D eigenvalue weighted by Crippen LogP contribution is 2.32. The van der Waals surface area contributed by atoms with Crippen LogP contribution in [0.25, 0.3) is 0 Å². The first-order chi connectivity index (χ1) is 8.46. The Morgan fingerprint density at radius 3 is 2.56 bits per heavy atom. The fourth-order valence-electron chi connectivity index (χ4n) is 3.57. The predicted octanol–water partition coefficient (Wildman–Crippen LogP) is 4.58. The minimum Gasteiger partial charge on any atom is -0.478 e. The molecular formula is C16H29NO. The van der Waals surface area contributed by atoms with Crippen LogP contribution in [0.15, 0.2) is 4.99 Å². The summed E-state index contributed by atoms with van der Waals surface area (Å²) in [4.78, 5) is 4.82. The van der Waals surface area contributed by atoms with E-state index >= 15 is 0 Å². The molecule has 104 valence electrons. The van der Waals surface area contributed by atoms with Gasteiger partial charge in [-0.2, -0.15) is 0 Å². The van der Waals surface area contributed by atoms with Crippen molar-refractivity contribution in [2.45, 2.75) is 84.3 Å². The van der Waals surface area contributed by atoms with E-state index in [1.807, 2.05) is 0 Å². The molecule has 18 heavy (non-hydrogen) atoms. The van der Waals surface area contributed by atoms with Gasteiger partial charge >= 0.3 is 0 Å². The topological polar surface area (TPSA) is 21.6 Å². The third-order valence-electron chi connectivity index (χ3n) is 4.35. The Hall–Kier alpha value is -0.530. The van der Waals surface area contributed by atoms with Gasteiger partial charge in [0, 0.05) is 12.3 Å². The molecule has 1 aliphatic carbocycles. The molecule has 0 N–H and O–H groups in total. The van der Waals surface area contributed by atoms with Crippen LogP contribution in [-0.4, -0.2) is 17.5 Å². The molecule has 0 aromatic carbocycles. The predicted molar refractivity (Wildman–Crippen MR) is 77.0 cm³/mol. The number of hydrogen-bond donors (Lipinski definition) is 0. The van der Waals surface area contributed by atoms with E-state index in [1.54, 1.807) is 0 Å². The molecule has 0 radical (unpaired) electrons. The van der Waals surface area contributed by atoms with Gasteiger partial charge in [0.25, 0.3) is 0 Å². The maximum absolute atomic E-state index is 5.98. The van der Waals surface area contributed by atoms with Crippen LogP contribution < -0.4 is 0 Å². The number of ether oxygens (including phenoxy) is 1. The Kier molecular flexibility index (Phi) is 4.34. The Bertz CT molecular complexity index is 302. The molecule has 2 nitrogen and oxygen atoms in total. The maximum Gasteiger partial charge on any atom is 0.186 e. The first kappa shape index (κ1) is 13.9. The van der Waals surface area contributed by atoms with Gasteiger partial charge in [0.05, 0.1) is 11.6 Å². The van der Waals surface area contributed by atoms with E-state index in [0.717, 1.165) is 18.2 Å². The molecule has 0 aromatic rings. The van der Waals surface area contributed by atoms with Crippen molar-refractivity contribution in [1.82, 2.24) is 0 Å². The summed E-state index contributed by atoms with van der Waals surface area (Å²) in [5, 5.41) is 0. The molecule has 0 aromatic heterocycles. The van der Waals surface area contributed by atoms with Crippen LogP contribution in [-0.2, 0) is 4.74 Å². The van der Waals surface area contributed by atoms with Crippen LogP contribution >= 0.6 is 0 Å². The zero-order valence-electron chi connectivity index (χ0n) is 12.5. The van der Waals surface area contributed by atoms with E-state index in [9.17, 15) is 0 Å². The highest BCUT2D eigenvalue weighted by molar-refractivity contribution is 5.79. The highest BCUT2D eigenvalue weighted by atomic mass is 16.5. The molecule has 0 spiro atoms. The lowest BCUT2D eigenvalue weighted by Crippen LogP contribution is -2.36. The van der Waals surface area contributed by atoms with E-state index < -0.39 is 0 Å². The van der Waals surface area contributed by atoms with Crippen molar-refractivity contribution < 1.29 is 4.74 Å². The Balaban J connectivity index is 1.95. The van der Waals surface area contributed by atoms with Crippen molar-refractivity contribution in [2.24, 2.45) is 16.8 Å². The third kappa shape index (κ3) is 3.73. The average molecular weight is 251 g/mol. The van der Waals surface area contributed by atoms with Gasteiger partial charge in [-0.25, -0.2) is 4.99 Å². The molecule has 1 aliphatic heterocycles. The summed E-state index contributed by atoms with van der Waals surface area (Å²) >= 11 is 0. The monoisotopic (exact) mass is 251 g/mol. The van der Waals surface area contributed by atoms with Gasteiger partial charge in [-0.15, -0.1) is 0 Å². The molecule has 0 unspecified atom stereocenters. The van der Waals surface area contributed by atoms with Gasteiger partial charge in [0.1, 0.15) is 0 Å².